The van der Waals surface area contributed by atoms with Gasteiger partial charge < -0.3 is 9.47 Å². The molecule has 0 unspecified atom stereocenters. The second-order valence-electron chi connectivity index (χ2n) is 5.74. The zero-order valence-corrected chi connectivity index (χ0v) is 16.6. The number of nitrogens with zero attached hydrogens (tertiary/aromatic N) is 1. The molecule has 3 rings (SSSR count). The topological polar surface area (TPSA) is 77.5 Å². The Hall–Kier alpha value is -2.42. The molecule has 2 aromatic carbocycles. The molecule has 0 aliphatic heterocycles. The lowest BCUT2D eigenvalue weighted by molar-refractivity contribution is 0.354. The van der Waals surface area contributed by atoms with E-state index in [0.717, 1.165) is 11.4 Å². The number of methoxy groups -OCH3 is 2. The van der Waals surface area contributed by atoms with E-state index < -0.39 is 10.0 Å². The number of benzene rings is 2. The summed E-state index contributed by atoms with van der Waals surface area (Å²) in [6, 6.07) is 14.5. The predicted octanol–water partition coefficient (Wildman–Crippen LogP) is 3.23. The molecule has 1 N–H and O–H groups in total. The maximum absolute atomic E-state index is 12.5. The molecule has 3 aromatic rings. The quantitative estimate of drug-likeness (QED) is 0.624. The van der Waals surface area contributed by atoms with Crippen LogP contribution in [0.4, 0.5) is 0 Å². The highest BCUT2D eigenvalue weighted by atomic mass is 32.2. The first-order chi connectivity index (χ1) is 13.0. The summed E-state index contributed by atoms with van der Waals surface area (Å²) in [7, 11) is -0.724. The Morgan fingerprint density at radius 1 is 1.04 bits per heavy atom. The van der Waals surface area contributed by atoms with Crippen LogP contribution in [0.25, 0.3) is 0 Å². The van der Waals surface area contributed by atoms with Crippen molar-refractivity contribution < 1.29 is 17.9 Å². The molecular formula is C19H20N2O4S2. The number of rotatable bonds is 8. The van der Waals surface area contributed by atoms with E-state index in [0.29, 0.717) is 17.2 Å². The van der Waals surface area contributed by atoms with Gasteiger partial charge in [0, 0.05) is 17.9 Å². The molecule has 1 aromatic heterocycles. The van der Waals surface area contributed by atoms with Crippen LogP contribution < -0.4 is 14.2 Å². The van der Waals surface area contributed by atoms with Gasteiger partial charge in [-0.15, -0.1) is 11.3 Å². The van der Waals surface area contributed by atoms with Crippen LogP contribution in [0.5, 0.6) is 11.5 Å². The van der Waals surface area contributed by atoms with Gasteiger partial charge in [-0.2, -0.15) is 0 Å². The highest BCUT2D eigenvalue weighted by Crippen LogP contribution is 2.29. The Bertz CT molecular complexity index is 1000. The monoisotopic (exact) mass is 404 g/mol. The Morgan fingerprint density at radius 3 is 2.48 bits per heavy atom. The largest absolute Gasteiger partial charge is 0.493 e. The molecule has 27 heavy (non-hydrogen) atoms. The zero-order valence-electron chi connectivity index (χ0n) is 15.0. The molecule has 8 heteroatoms. The third kappa shape index (κ3) is 4.85. The first kappa shape index (κ1) is 19.3. The number of ether oxygens (including phenoxy) is 2. The van der Waals surface area contributed by atoms with Crippen LogP contribution in [0.2, 0.25) is 0 Å². The molecule has 0 bridgehead atoms. The van der Waals surface area contributed by atoms with E-state index in [4.69, 9.17) is 9.47 Å². The standard InChI is InChI=1S/C19H20N2O4S2/c1-24-17-9-8-16(11-18(17)25-2)27(22,23)20-12-15-13-26-19(21-15)10-14-6-4-3-5-7-14/h3-9,11,13,20H,10,12H2,1-2H3. The van der Waals surface area contributed by atoms with Gasteiger partial charge in [-0.05, 0) is 17.7 Å². The van der Waals surface area contributed by atoms with Crippen molar-refractivity contribution in [2.75, 3.05) is 14.2 Å². The van der Waals surface area contributed by atoms with Gasteiger partial charge in [-0.1, -0.05) is 30.3 Å². The van der Waals surface area contributed by atoms with Crippen molar-refractivity contribution in [2.45, 2.75) is 17.9 Å². The molecule has 142 valence electrons. The summed E-state index contributed by atoms with van der Waals surface area (Å²) < 4.78 is 38.0. The number of aromatic nitrogens is 1. The van der Waals surface area contributed by atoms with Crippen molar-refractivity contribution in [1.29, 1.82) is 0 Å². The maximum Gasteiger partial charge on any atom is 0.241 e. The van der Waals surface area contributed by atoms with Gasteiger partial charge >= 0.3 is 0 Å². The van der Waals surface area contributed by atoms with Crippen molar-refractivity contribution in [3.63, 3.8) is 0 Å². The molecule has 0 aliphatic carbocycles. The lowest BCUT2D eigenvalue weighted by Gasteiger charge is -2.10. The SMILES string of the molecule is COc1ccc(S(=O)(=O)NCc2csc(Cc3ccccc3)n2)cc1OC. The van der Waals surface area contributed by atoms with Gasteiger partial charge in [0.15, 0.2) is 11.5 Å². The molecule has 0 saturated carbocycles. The van der Waals surface area contributed by atoms with Gasteiger partial charge in [-0.3, -0.25) is 0 Å². The molecule has 0 atom stereocenters. The van der Waals surface area contributed by atoms with Crippen LogP contribution in [0.15, 0.2) is 58.8 Å². The Balaban J connectivity index is 1.67. The van der Waals surface area contributed by atoms with Crippen LogP contribution in [0.1, 0.15) is 16.3 Å². The third-order valence-electron chi connectivity index (χ3n) is 3.91. The van der Waals surface area contributed by atoms with Crippen molar-refractivity contribution in [3.05, 3.63) is 70.2 Å². The summed E-state index contributed by atoms with van der Waals surface area (Å²) in [5.41, 5.74) is 1.86. The second kappa shape index (κ2) is 8.51. The van der Waals surface area contributed by atoms with Crippen molar-refractivity contribution in [3.8, 4) is 11.5 Å². The number of thiazole rings is 1. The zero-order chi connectivity index (χ0) is 19.3. The molecule has 0 amide bonds. The molecule has 0 saturated heterocycles. The van der Waals surface area contributed by atoms with Crippen LogP contribution >= 0.6 is 11.3 Å². The lowest BCUT2D eigenvalue weighted by Crippen LogP contribution is -2.23. The Kier molecular flexibility index (Phi) is 6.10. The highest BCUT2D eigenvalue weighted by molar-refractivity contribution is 7.89. The summed E-state index contributed by atoms with van der Waals surface area (Å²) in [5, 5.41) is 2.82. The summed E-state index contributed by atoms with van der Waals surface area (Å²) >= 11 is 1.52. The molecule has 0 aliphatic rings. The van der Waals surface area contributed by atoms with Gasteiger partial charge in [0.05, 0.1) is 36.4 Å². The summed E-state index contributed by atoms with van der Waals surface area (Å²) in [5.74, 6) is 0.834. The van der Waals surface area contributed by atoms with E-state index in [9.17, 15) is 8.42 Å². The fourth-order valence-electron chi connectivity index (χ4n) is 2.52. The fourth-order valence-corrected chi connectivity index (χ4v) is 4.36. The molecule has 0 spiro atoms. The minimum atomic E-state index is -3.69. The minimum absolute atomic E-state index is 0.111. The number of hydrogen-bond acceptors (Lipinski definition) is 6. The van der Waals surface area contributed by atoms with Gasteiger partial charge in [-0.25, -0.2) is 18.1 Å². The third-order valence-corrected chi connectivity index (χ3v) is 6.20. The molecule has 1 heterocycles. The van der Waals surface area contributed by atoms with E-state index in [2.05, 4.69) is 9.71 Å². The Morgan fingerprint density at radius 2 is 1.78 bits per heavy atom. The van der Waals surface area contributed by atoms with Crippen LogP contribution in [0, 0.1) is 0 Å². The fraction of sp³-hybridized carbons (Fsp3) is 0.211. The predicted molar refractivity (Wildman–Crippen MR) is 105 cm³/mol. The van der Waals surface area contributed by atoms with E-state index in [1.54, 1.807) is 6.07 Å². The van der Waals surface area contributed by atoms with Gasteiger partial charge in [0.2, 0.25) is 10.0 Å². The van der Waals surface area contributed by atoms with E-state index in [1.807, 2.05) is 35.7 Å². The molecule has 6 nitrogen and oxygen atoms in total. The van der Waals surface area contributed by atoms with Crippen LogP contribution in [-0.2, 0) is 23.0 Å². The summed E-state index contributed by atoms with van der Waals surface area (Å²) in [6.45, 7) is 0.127. The smallest absolute Gasteiger partial charge is 0.241 e. The van der Waals surface area contributed by atoms with Crippen molar-refractivity contribution >= 4 is 21.4 Å². The lowest BCUT2D eigenvalue weighted by atomic mass is 10.2. The van der Waals surface area contributed by atoms with E-state index in [1.165, 1.54) is 43.3 Å². The second-order valence-corrected chi connectivity index (χ2v) is 8.45. The highest BCUT2D eigenvalue weighted by Gasteiger charge is 2.17. The average molecular weight is 405 g/mol. The number of nitrogens with one attached hydrogen (secondary N) is 1. The first-order valence-corrected chi connectivity index (χ1v) is 10.6. The minimum Gasteiger partial charge on any atom is -0.493 e. The molecular weight excluding hydrogens is 384 g/mol. The summed E-state index contributed by atoms with van der Waals surface area (Å²) in [6.07, 6.45) is 0.730. The Labute approximate surface area is 162 Å². The average Bonchev–Trinajstić information content (AvgIpc) is 3.14. The van der Waals surface area contributed by atoms with Gasteiger partial charge in [0.25, 0.3) is 0 Å². The van der Waals surface area contributed by atoms with Crippen molar-refractivity contribution in [2.24, 2.45) is 0 Å². The van der Waals surface area contributed by atoms with Gasteiger partial charge in [0.1, 0.15) is 0 Å². The maximum atomic E-state index is 12.5. The van der Waals surface area contributed by atoms with Crippen LogP contribution in [0.3, 0.4) is 0 Å². The normalized spacial score (nSPS) is 11.3. The van der Waals surface area contributed by atoms with E-state index in [-0.39, 0.29) is 11.4 Å². The number of sulfonamides is 1. The number of hydrogen-bond donors (Lipinski definition) is 1. The van der Waals surface area contributed by atoms with E-state index >= 15 is 0 Å². The first-order valence-electron chi connectivity index (χ1n) is 8.20. The molecule has 0 radical (unpaired) electrons. The van der Waals surface area contributed by atoms with Crippen molar-refractivity contribution in [1.82, 2.24) is 9.71 Å². The molecule has 0 fully saturated rings. The van der Waals surface area contributed by atoms with Crippen LogP contribution in [-0.4, -0.2) is 27.6 Å². The summed E-state index contributed by atoms with van der Waals surface area (Å²) in [4.78, 5) is 4.62.